The molecule has 0 bridgehead atoms. The summed E-state index contributed by atoms with van der Waals surface area (Å²) in [6, 6.07) is 12.2. The van der Waals surface area contributed by atoms with Gasteiger partial charge < -0.3 is 9.88 Å². The molecule has 1 aromatic carbocycles. The lowest BCUT2D eigenvalue weighted by molar-refractivity contribution is 0.103. The van der Waals surface area contributed by atoms with Gasteiger partial charge in [0, 0.05) is 86.3 Å². The lowest BCUT2D eigenvalue weighted by Gasteiger charge is -2.36. The molecule has 3 aromatic heterocycles. The first-order chi connectivity index (χ1) is 16.2. The van der Waals surface area contributed by atoms with Gasteiger partial charge in [0.05, 0.1) is 0 Å². The van der Waals surface area contributed by atoms with Gasteiger partial charge in [-0.25, -0.2) is 4.39 Å². The van der Waals surface area contributed by atoms with Crippen LogP contribution in [0.25, 0.3) is 16.6 Å². The molecule has 1 aliphatic heterocycles. The zero-order valence-corrected chi connectivity index (χ0v) is 18.9. The highest BCUT2D eigenvalue weighted by Crippen LogP contribution is 2.24. The molecule has 1 N–H and O–H groups in total. The average Bonchev–Trinajstić information content (AvgIpc) is 3.51. The number of hydrogen-bond donors (Lipinski definition) is 1. The van der Waals surface area contributed by atoms with Crippen LogP contribution in [0.15, 0.2) is 61.4 Å². The highest BCUT2D eigenvalue weighted by atomic mass is 19.1. The quantitative estimate of drug-likeness (QED) is 0.448. The van der Waals surface area contributed by atoms with Gasteiger partial charge in [0.2, 0.25) is 0 Å². The third-order valence-corrected chi connectivity index (χ3v) is 6.56. The molecule has 4 heterocycles. The Bertz CT molecular complexity index is 1150. The molecule has 33 heavy (non-hydrogen) atoms. The van der Waals surface area contributed by atoms with Gasteiger partial charge >= 0.3 is 0 Å². The summed E-state index contributed by atoms with van der Waals surface area (Å²) < 4.78 is 16.9. The molecular weight excluding hydrogens is 417 g/mol. The lowest BCUT2D eigenvalue weighted by atomic mass is 10.1. The Hall–Kier alpha value is -3.10. The summed E-state index contributed by atoms with van der Waals surface area (Å²) in [6.07, 6.45) is 6.63. The molecule has 2 atom stereocenters. The number of benzene rings is 1. The van der Waals surface area contributed by atoms with Crippen molar-refractivity contribution in [3.8, 4) is 5.69 Å². The van der Waals surface area contributed by atoms with E-state index in [-0.39, 0.29) is 0 Å². The topological polar surface area (TPSA) is 65.9 Å². The Balaban J connectivity index is 1.14. The maximum atomic E-state index is 15.1. The van der Waals surface area contributed by atoms with Crippen molar-refractivity contribution in [3.05, 3.63) is 72.7 Å². The van der Waals surface area contributed by atoms with E-state index in [4.69, 9.17) is 0 Å². The number of H-pyrrole nitrogens is 1. The Morgan fingerprint density at radius 1 is 1.00 bits per heavy atom. The molecule has 0 radical (unpaired) electrons. The van der Waals surface area contributed by atoms with E-state index in [1.54, 1.807) is 12.7 Å². The second kappa shape index (κ2) is 9.80. The van der Waals surface area contributed by atoms with Gasteiger partial charge in [-0.15, -0.1) is 10.2 Å². The molecule has 0 unspecified atom stereocenters. The molecule has 4 aromatic rings. The van der Waals surface area contributed by atoms with Crippen LogP contribution in [0.5, 0.6) is 0 Å². The third kappa shape index (κ3) is 5.12. The number of hydrogen-bond acceptors (Lipinski definition) is 5. The number of nitrogens with zero attached hydrogens (tertiary/aromatic N) is 6. The van der Waals surface area contributed by atoms with E-state index < -0.39 is 6.17 Å². The van der Waals surface area contributed by atoms with Crippen molar-refractivity contribution in [2.45, 2.75) is 25.4 Å². The van der Waals surface area contributed by atoms with Gasteiger partial charge in [-0.3, -0.25) is 14.5 Å². The van der Waals surface area contributed by atoms with E-state index in [9.17, 15) is 0 Å². The van der Waals surface area contributed by atoms with E-state index in [0.29, 0.717) is 18.9 Å². The van der Waals surface area contributed by atoms with E-state index in [2.05, 4.69) is 49.0 Å². The van der Waals surface area contributed by atoms with E-state index in [1.165, 1.54) is 0 Å². The molecule has 0 spiro atoms. The fourth-order valence-electron chi connectivity index (χ4n) is 4.72. The van der Waals surface area contributed by atoms with Gasteiger partial charge in [0.25, 0.3) is 0 Å². The third-order valence-electron chi connectivity index (χ3n) is 6.56. The molecule has 0 aliphatic carbocycles. The highest BCUT2D eigenvalue weighted by Gasteiger charge is 2.22. The van der Waals surface area contributed by atoms with Gasteiger partial charge in [-0.2, -0.15) is 0 Å². The zero-order chi connectivity index (χ0) is 22.6. The number of halogens is 1. The second-order valence-electron chi connectivity index (χ2n) is 8.97. The van der Waals surface area contributed by atoms with Gasteiger partial charge in [0.1, 0.15) is 18.8 Å². The zero-order valence-electron chi connectivity index (χ0n) is 18.9. The fraction of sp³-hybridized carbons (Fsp3) is 0.400. The van der Waals surface area contributed by atoms with Crippen LogP contribution in [0, 0.1) is 0 Å². The van der Waals surface area contributed by atoms with E-state index in [1.807, 2.05) is 41.2 Å². The van der Waals surface area contributed by atoms with Crippen LogP contribution in [0.1, 0.15) is 24.1 Å². The normalized spacial score (nSPS) is 17.4. The number of aromatic nitrogens is 5. The van der Waals surface area contributed by atoms with Crippen LogP contribution < -0.4 is 0 Å². The smallest absolute Gasteiger partial charge is 0.123 e. The molecule has 7 nitrogen and oxygen atoms in total. The first-order valence-corrected chi connectivity index (χ1v) is 11.6. The molecule has 0 amide bonds. The van der Waals surface area contributed by atoms with Crippen molar-refractivity contribution < 1.29 is 4.39 Å². The first kappa shape index (κ1) is 21.7. The first-order valence-electron chi connectivity index (χ1n) is 11.6. The largest absolute Gasteiger partial charge is 0.361 e. The molecule has 1 saturated heterocycles. The number of fused-ring (bicyclic) bond motifs is 1. The van der Waals surface area contributed by atoms with Crippen LogP contribution in [-0.4, -0.2) is 80.0 Å². The van der Waals surface area contributed by atoms with Crippen LogP contribution in [-0.2, 0) is 6.42 Å². The number of pyridine rings is 1. The van der Waals surface area contributed by atoms with Crippen molar-refractivity contribution >= 4 is 10.9 Å². The summed E-state index contributed by atoms with van der Waals surface area (Å²) in [5, 5.41) is 8.80. The number of aromatic amines is 1. The Morgan fingerprint density at radius 3 is 2.48 bits per heavy atom. The number of piperazine rings is 1. The molecule has 5 rings (SSSR count). The summed E-state index contributed by atoms with van der Waals surface area (Å²) in [4.78, 5) is 12.5. The maximum absolute atomic E-state index is 15.1. The Morgan fingerprint density at radius 2 is 1.76 bits per heavy atom. The highest BCUT2D eigenvalue weighted by molar-refractivity contribution is 5.85. The van der Waals surface area contributed by atoms with Gasteiger partial charge in [0.15, 0.2) is 0 Å². The minimum Gasteiger partial charge on any atom is -0.361 e. The minimum absolute atomic E-state index is 0.400. The maximum Gasteiger partial charge on any atom is 0.123 e. The predicted molar refractivity (Wildman–Crippen MR) is 127 cm³/mol. The summed E-state index contributed by atoms with van der Waals surface area (Å²) in [5.41, 5.74) is 4.13. The standard InChI is InChI=1S/C25H30FN7/c1-19(24-4-2-3-7-27-24)15-31-8-10-32(11-9-31)16-21(26)12-20-14-28-25-6-5-22(13-23(20)25)33-17-29-30-18-33/h2-7,13-14,17-19,21,28H,8-12,15-16H2,1H3/t19-,21+/m1/s1. The summed E-state index contributed by atoms with van der Waals surface area (Å²) in [6.45, 7) is 7.44. The number of rotatable bonds is 8. The molecule has 0 saturated carbocycles. The van der Waals surface area contributed by atoms with E-state index >= 15 is 4.39 Å². The molecule has 8 heteroatoms. The lowest BCUT2D eigenvalue weighted by Crippen LogP contribution is -2.49. The summed E-state index contributed by atoms with van der Waals surface area (Å²) >= 11 is 0. The molecule has 1 aliphatic rings. The number of nitrogens with one attached hydrogen (secondary N) is 1. The monoisotopic (exact) mass is 447 g/mol. The SMILES string of the molecule is C[C@H](CN1CCN(C[C@@H](F)Cc2c[nH]c3ccc(-n4cnnc4)cc23)CC1)c1ccccn1. The van der Waals surface area contributed by atoms with Crippen LogP contribution in [0.3, 0.4) is 0 Å². The van der Waals surface area contributed by atoms with Crippen molar-refractivity contribution in [1.29, 1.82) is 0 Å². The predicted octanol–water partition coefficient (Wildman–Crippen LogP) is 3.45. The fourth-order valence-corrected chi connectivity index (χ4v) is 4.72. The Labute approximate surface area is 193 Å². The Kier molecular flexibility index (Phi) is 6.46. The van der Waals surface area contributed by atoms with E-state index in [0.717, 1.165) is 60.6 Å². The summed E-state index contributed by atoms with van der Waals surface area (Å²) in [5.74, 6) is 0.400. The van der Waals surface area contributed by atoms with Crippen LogP contribution in [0.4, 0.5) is 4.39 Å². The van der Waals surface area contributed by atoms with Crippen LogP contribution >= 0.6 is 0 Å². The summed E-state index contributed by atoms with van der Waals surface area (Å²) in [7, 11) is 0. The minimum atomic E-state index is -0.901. The second-order valence-corrected chi connectivity index (χ2v) is 8.97. The molecule has 1 fully saturated rings. The number of alkyl halides is 1. The van der Waals surface area contributed by atoms with Crippen molar-refractivity contribution in [2.24, 2.45) is 0 Å². The van der Waals surface area contributed by atoms with Crippen molar-refractivity contribution in [3.63, 3.8) is 0 Å². The van der Waals surface area contributed by atoms with Crippen molar-refractivity contribution in [1.82, 2.24) is 34.5 Å². The van der Waals surface area contributed by atoms with Gasteiger partial charge in [-0.05, 0) is 35.9 Å². The molecular formula is C25H30FN7. The molecule has 172 valence electrons. The van der Waals surface area contributed by atoms with Crippen LogP contribution in [0.2, 0.25) is 0 Å². The average molecular weight is 448 g/mol. The van der Waals surface area contributed by atoms with Crippen molar-refractivity contribution in [2.75, 3.05) is 39.3 Å². The van der Waals surface area contributed by atoms with Gasteiger partial charge in [-0.1, -0.05) is 13.0 Å².